The molecule has 1 fully saturated rings. The number of aromatic nitrogens is 1. The van der Waals surface area contributed by atoms with E-state index >= 15 is 0 Å². The lowest BCUT2D eigenvalue weighted by Gasteiger charge is -2.22. The Morgan fingerprint density at radius 3 is 2.89 bits per heavy atom. The van der Waals surface area contributed by atoms with E-state index in [0.717, 1.165) is 30.0 Å². The van der Waals surface area contributed by atoms with Gasteiger partial charge in [-0.3, -0.25) is 4.79 Å². The number of rotatable bonds is 4. The Balaban J connectivity index is 1.34. The minimum atomic E-state index is -0.464. The summed E-state index contributed by atoms with van der Waals surface area (Å²) in [4.78, 5) is 24.8. The standard InChI is InChI=1S/C20H21FN4O2/c1-14-3-2-4-18(23-14)25-10-9-20(13-25)11-17(24-27-20)19(26)22-12-15-5-7-16(21)8-6-15/h2-8H,9-13H2,1H3,(H,22,26). The van der Waals surface area contributed by atoms with Crippen molar-refractivity contribution in [2.45, 2.75) is 31.9 Å². The van der Waals surface area contributed by atoms with E-state index in [1.807, 2.05) is 25.1 Å². The summed E-state index contributed by atoms with van der Waals surface area (Å²) >= 11 is 0. The van der Waals surface area contributed by atoms with Gasteiger partial charge in [0.15, 0.2) is 5.60 Å². The Morgan fingerprint density at radius 2 is 2.11 bits per heavy atom. The maximum Gasteiger partial charge on any atom is 0.269 e. The molecule has 2 aliphatic heterocycles. The van der Waals surface area contributed by atoms with Crippen LogP contribution in [-0.4, -0.2) is 35.3 Å². The second-order valence-electron chi connectivity index (χ2n) is 7.11. The largest absolute Gasteiger partial charge is 0.386 e. The Morgan fingerprint density at radius 1 is 1.30 bits per heavy atom. The van der Waals surface area contributed by atoms with Crippen LogP contribution in [-0.2, 0) is 16.2 Å². The smallest absolute Gasteiger partial charge is 0.269 e. The SMILES string of the molecule is Cc1cccc(N2CCC3(CC(C(=O)NCc4ccc(F)cc4)=NO3)C2)n1. The van der Waals surface area contributed by atoms with Gasteiger partial charge in [-0.15, -0.1) is 0 Å². The molecule has 2 aromatic rings. The van der Waals surface area contributed by atoms with Crippen LogP contribution in [0.25, 0.3) is 0 Å². The highest BCUT2D eigenvalue weighted by molar-refractivity contribution is 6.39. The first-order valence-electron chi connectivity index (χ1n) is 8.99. The lowest BCUT2D eigenvalue weighted by Crippen LogP contribution is -2.37. The molecule has 7 heteroatoms. The fourth-order valence-electron chi connectivity index (χ4n) is 3.49. The molecule has 0 radical (unpaired) electrons. The Hall–Kier alpha value is -2.96. The van der Waals surface area contributed by atoms with Crippen LogP contribution in [0.2, 0.25) is 0 Å². The first-order valence-corrected chi connectivity index (χ1v) is 8.99. The molecule has 1 aromatic carbocycles. The topological polar surface area (TPSA) is 66.8 Å². The maximum atomic E-state index is 12.9. The number of aryl methyl sites for hydroxylation is 1. The summed E-state index contributed by atoms with van der Waals surface area (Å²) in [5, 5.41) is 6.86. The number of nitrogens with zero attached hydrogens (tertiary/aromatic N) is 3. The molecular formula is C20H21FN4O2. The van der Waals surface area contributed by atoms with E-state index in [2.05, 4.69) is 20.4 Å². The van der Waals surface area contributed by atoms with E-state index in [-0.39, 0.29) is 11.7 Å². The summed E-state index contributed by atoms with van der Waals surface area (Å²) in [6.45, 7) is 3.76. The van der Waals surface area contributed by atoms with E-state index < -0.39 is 5.60 Å². The van der Waals surface area contributed by atoms with Gasteiger partial charge in [-0.05, 0) is 36.8 Å². The minimum absolute atomic E-state index is 0.247. The van der Waals surface area contributed by atoms with Crippen molar-refractivity contribution in [2.24, 2.45) is 5.16 Å². The van der Waals surface area contributed by atoms with Crippen molar-refractivity contribution in [3.8, 4) is 0 Å². The van der Waals surface area contributed by atoms with Crippen LogP contribution in [0.15, 0.2) is 47.6 Å². The molecule has 1 unspecified atom stereocenters. The quantitative estimate of drug-likeness (QED) is 0.901. The number of hydrogen-bond acceptors (Lipinski definition) is 5. The fraction of sp³-hybridized carbons (Fsp3) is 0.350. The van der Waals surface area contributed by atoms with E-state index in [1.54, 1.807) is 12.1 Å². The van der Waals surface area contributed by atoms with Crippen molar-refractivity contribution in [2.75, 3.05) is 18.0 Å². The van der Waals surface area contributed by atoms with Crippen LogP contribution in [0.3, 0.4) is 0 Å². The monoisotopic (exact) mass is 368 g/mol. The van der Waals surface area contributed by atoms with Crippen molar-refractivity contribution in [3.05, 3.63) is 59.5 Å². The van der Waals surface area contributed by atoms with Gasteiger partial charge < -0.3 is 15.1 Å². The van der Waals surface area contributed by atoms with Crippen LogP contribution >= 0.6 is 0 Å². The summed E-state index contributed by atoms with van der Waals surface area (Å²) in [6.07, 6.45) is 1.27. The van der Waals surface area contributed by atoms with Crippen LogP contribution in [0.5, 0.6) is 0 Å². The van der Waals surface area contributed by atoms with Gasteiger partial charge in [0.25, 0.3) is 5.91 Å². The highest BCUT2D eigenvalue weighted by atomic mass is 19.1. The normalized spacial score (nSPS) is 21.3. The van der Waals surface area contributed by atoms with Gasteiger partial charge >= 0.3 is 0 Å². The highest BCUT2D eigenvalue weighted by Gasteiger charge is 2.47. The van der Waals surface area contributed by atoms with Gasteiger partial charge in [-0.2, -0.15) is 0 Å². The van der Waals surface area contributed by atoms with Gasteiger partial charge in [-0.25, -0.2) is 9.37 Å². The maximum absolute atomic E-state index is 12.9. The number of hydrogen-bond donors (Lipinski definition) is 1. The summed E-state index contributed by atoms with van der Waals surface area (Å²) in [5.74, 6) is 0.377. The molecule has 0 aliphatic carbocycles. The first kappa shape index (κ1) is 17.5. The molecule has 1 saturated heterocycles. The van der Waals surface area contributed by atoms with Crippen LogP contribution in [0, 0.1) is 12.7 Å². The second-order valence-corrected chi connectivity index (χ2v) is 7.11. The highest BCUT2D eigenvalue weighted by Crippen LogP contribution is 2.35. The average Bonchev–Trinajstić information content (AvgIpc) is 3.28. The van der Waals surface area contributed by atoms with E-state index in [1.165, 1.54) is 12.1 Å². The van der Waals surface area contributed by atoms with Crippen molar-refractivity contribution < 1.29 is 14.0 Å². The third-order valence-corrected chi connectivity index (χ3v) is 4.98. The van der Waals surface area contributed by atoms with Crippen molar-refractivity contribution in [3.63, 3.8) is 0 Å². The molecule has 2 aliphatic rings. The molecule has 6 nitrogen and oxygen atoms in total. The molecule has 3 heterocycles. The number of carbonyl (C=O) groups is 1. The molecule has 1 amide bonds. The van der Waals surface area contributed by atoms with E-state index in [0.29, 0.717) is 25.2 Å². The van der Waals surface area contributed by atoms with Gasteiger partial charge in [0.05, 0.1) is 6.54 Å². The molecule has 4 rings (SSSR count). The number of benzene rings is 1. The predicted octanol–water partition coefficient (Wildman–Crippen LogP) is 2.57. The molecule has 1 N–H and O–H groups in total. The number of carbonyl (C=O) groups excluding carboxylic acids is 1. The lowest BCUT2D eigenvalue weighted by molar-refractivity contribution is -0.115. The summed E-state index contributed by atoms with van der Waals surface area (Å²) in [5.41, 5.74) is 1.74. The Bertz CT molecular complexity index is 884. The summed E-state index contributed by atoms with van der Waals surface area (Å²) < 4.78 is 12.9. The zero-order chi connectivity index (χ0) is 18.9. The Kier molecular flexibility index (Phi) is 4.51. The van der Waals surface area contributed by atoms with Crippen LogP contribution in [0.1, 0.15) is 24.1 Å². The minimum Gasteiger partial charge on any atom is -0.386 e. The molecule has 140 valence electrons. The first-order chi connectivity index (χ1) is 13.0. The molecular weight excluding hydrogens is 347 g/mol. The number of nitrogens with one attached hydrogen (secondary N) is 1. The van der Waals surface area contributed by atoms with Gasteiger partial charge in [0.2, 0.25) is 0 Å². The lowest BCUT2D eigenvalue weighted by atomic mass is 9.96. The van der Waals surface area contributed by atoms with E-state index in [4.69, 9.17) is 4.84 Å². The molecule has 1 spiro atoms. The molecule has 0 bridgehead atoms. The molecule has 0 saturated carbocycles. The van der Waals surface area contributed by atoms with Gasteiger partial charge in [0.1, 0.15) is 17.3 Å². The zero-order valence-corrected chi connectivity index (χ0v) is 15.1. The Labute approximate surface area is 157 Å². The van der Waals surface area contributed by atoms with Crippen LogP contribution in [0.4, 0.5) is 10.2 Å². The predicted molar refractivity (Wildman–Crippen MR) is 99.9 cm³/mol. The number of oxime groups is 1. The third-order valence-electron chi connectivity index (χ3n) is 4.98. The van der Waals surface area contributed by atoms with Crippen LogP contribution < -0.4 is 10.2 Å². The fourth-order valence-corrected chi connectivity index (χ4v) is 3.49. The number of halogens is 1. The number of pyridine rings is 1. The van der Waals surface area contributed by atoms with Gasteiger partial charge in [-0.1, -0.05) is 23.4 Å². The van der Waals surface area contributed by atoms with Gasteiger partial charge in [0, 0.05) is 31.6 Å². The third kappa shape index (κ3) is 3.77. The summed E-state index contributed by atoms with van der Waals surface area (Å²) in [6, 6.07) is 12.0. The van der Waals surface area contributed by atoms with Crippen molar-refractivity contribution >= 4 is 17.4 Å². The molecule has 1 aromatic heterocycles. The second kappa shape index (κ2) is 6.98. The van der Waals surface area contributed by atoms with E-state index in [9.17, 15) is 9.18 Å². The number of anilines is 1. The van der Waals surface area contributed by atoms with Crippen molar-refractivity contribution in [1.82, 2.24) is 10.3 Å². The summed E-state index contributed by atoms with van der Waals surface area (Å²) in [7, 11) is 0. The molecule has 1 atom stereocenters. The molecule has 27 heavy (non-hydrogen) atoms. The number of amides is 1. The average molecular weight is 368 g/mol. The van der Waals surface area contributed by atoms with Crippen molar-refractivity contribution in [1.29, 1.82) is 0 Å². The zero-order valence-electron chi connectivity index (χ0n) is 15.1.